The van der Waals surface area contributed by atoms with Crippen LogP contribution in [-0.4, -0.2) is 96.4 Å². The first-order chi connectivity index (χ1) is 25.2. The van der Waals surface area contributed by atoms with Crippen LogP contribution < -0.4 is 10.1 Å². The van der Waals surface area contributed by atoms with Crippen LogP contribution in [0.15, 0.2) is 41.4 Å². The van der Waals surface area contributed by atoms with Gasteiger partial charge in [-0.2, -0.15) is 5.06 Å². The Kier molecular flexibility index (Phi) is 12.1. The van der Waals surface area contributed by atoms with Crippen molar-refractivity contribution in [3.8, 4) is 16.9 Å². The number of rotatable bonds is 12. The lowest BCUT2D eigenvalue weighted by Crippen LogP contribution is -2.62. The minimum Gasteiger partial charge on any atom is -0.496 e. The van der Waals surface area contributed by atoms with Crippen LogP contribution in [0.5, 0.6) is 5.75 Å². The molecule has 1 heterocycles. The van der Waals surface area contributed by atoms with Gasteiger partial charge in [-0.15, -0.1) is 0 Å². The van der Waals surface area contributed by atoms with Crippen molar-refractivity contribution < 1.29 is 33.8 Å². The SMILES string of the molecule is COc1c(CN2O[C@@H](CO)[C@@H]([C@H](C)O)[C@H]2C(=O)N[C@H]2C[C@H]3C[C@@H]([C@@H]2C)C3(C)C)cccc1-c1cc(F)cc(C(=O)N=C(CN(C)C)C2CCCCC2)c1. The second kappa shape index (κ2) is 16.3. The van der Waals surface area contributed by atoms with Gasteiger partial charge >= 0.3 is 0 Å². The molecule has 2 aromatic rings. The molecule has 4 aliphatic carbocycles. The quantitative estimate of drug-likeness (QED) is 0.231. The van der Waals surface area contributed by atoms with Gasteiger partial charge in [0.1, 0.15) is 23.7 Å². The zero-order valence-electron chi connectivity index (χ0n) is 32.5. The van der Waals surface area contributed by atoms with Gasteiger partial charge in [0.15, 0.2) is 0 Å². The lowest BCUT2D eigenvalue weighted by atomic mass is 9.45. The van der Waals surface area contributed by atoms with Crippen LogP contribution in [0.3, 0.4) is 0 Å². The van der Waals surface area contributed by atoms with Crippen molar-refractivity contribution >= 4 is 17.5 Å². The molecule has 3 N–H and O–H groups in total. The molecule has 1 saturated heterocycles. The Balaban J connectivity index is 1.27. The number of hydrogen-bond acceptors (Lipinski definition) is 8. The Hall–Kier alpha value is -3.22. The summed E-state index contributed by atoms with van der Waals surface area (Å²) >= 11 is 0. The number of aliphatic imine (C=N–C) groups is 1. The average Bonchev–Trinajstić information content (AvgIpc) is 3.50. The summed E-state index contributed by atoms with van der Waals surface area (Å²) in [6.45, 7) is 8.76. The predicted molar refractivity (Wildman–Crippen MR) is 203 cm³/mol. The molecule has 10 nitrogen and oxygen atoms in total. The van der Waals surface area contributed by atoms with E-state index in [4.69, 9.17) is 9.57 Å². The fraction of sp³-hybridized carbons (Fsp3) is 0.643. The van der Waals surface area contributed by atoms with Crippen molar-refractivity contribution in [1.82, 2.24) is 15.3 Å². The molecule has 2 aromatic carbocycles. The number of hydrogen-bond donors (Lipinski definition) is 3. The van der Waals surface area contributed by atoms with E-state index < -0.39 is 35.9 Å². The van der Waals surface area contributed by atoms with E-state index in [-0.39, 0.29) is 42.0 Å². The van der Waals surface area contributed by atoms with Gasteiger partial charge in [-0.1, -0.05) is 58.2 Å². The minimum absolute atomic E-state index is 0.0117. The summed E-state index contributed by atoms with van der Waals surface area (Å²) < 4.78 is 21.2. The number of carbonyl (C=O) groups excluding carboxylic acids is 2. The highest BCUT2D eigenvalue weighted by molar-refractivity contribution is 6.05. The molecule has 290 valence electrons. The van der Waals surface area contributed by atoms with Gasteiger partial charge in [0.2, 0.25) is 5.91 Å². The van der Waals surface area contributed by atoms with Gasteiger partial charge in [-0.25, -0.2) is 9.38 Å². The summed E-state index contributed by atoms with van der Waals surface area (Å²) in [5, 5.41) is 26.1. The zero-order chi connectivity index (χ0) is 38.2. The van der Waals surface area contributed by atoms with Crippen molar-refractivity contribution in [1.29, 1.82) is 0 Å². The molecule has 0 spiro atoms. The molecule has 11 heteroatoms. The summed E-state index contributed by atoms with van der Waals surface area (Å²) in [6.07, 6.45) is 5.77. The summed E-state index contributed by atoms with van der Waals surface area (Å²) in [4.78, 5) is 40.6. The van der Waals surface area contributed by atoms with Gasteiger partial charge in [-0.3, -0.25) is 14.4 Å². The van der Waals surface area contributed by atoms with E-state index in [9.17, 15) is 19.8 Å². The highest BCUT2D eigenvalue weighted by Crippen LogP contribution is 2.61. The third-order valence-electron chi connectivity index (χ3n) is 12.9. The fourth-order valence-corrected chi connectivity index (χ4v) is 9.91. The van der Waals surface area contributed by atoms with Gasteiger partial charge < -0.3 is 25.2 Å². The highest BCUT2D eigenvalue weighted by Gasteiger charge is 2.57. The van der Waals surface area contributed by atoms with Crippen LogP contribution >= 0.6 is 0 Å². The number of ether oxygens (including phenoxy) is 1. The summed E-state index contributed by atoms with van der Waals surface area (Å²) in [6, 6.07) is 8.84. The topological polar surface area (TPSA) is 124 Å². The van der Waals surface area contributed by atoms with Crippen molar-refractivity contribution in [2.75, 3.05) is 34.4 Å². The molecule has 8 atom stereocenters. The molecule has 2 amide bonds. The van der Waals surface area contributed by atoms with E-state index >= 15 is 4.39 Å². The maximum atomic E-state index is 15.3. The molecule has 53 heavy (non-hydrogen) atoms. The van der Waals surface area contributed by atoms with Crippen LogP contribution in [0, 0.1) is 40.8 Å². The van der Waals surface area contributed by atoms with Crippen molar-refractivity contribution in [2.24, 2.45) is 40.0 Å². The number of hydroxylamine groups is 2. The van der Waals surface area contributed by atoms with Crippen LogP contribution in [-0.2, 0) is 16.2 Å². The van der Waals surface area contributed by atoms with Crippen molar-refractivity contribution in [3.05, 3.63) is 53.3 Å². The van der Waals surface area contributed by atoms with Crippen LogP contribution in [0.4, 0.5) is 4.39 Å². The predicted octanol–water partition coefficient (Wildman–Crippen LogP) is 5.89. The lowest BCUT2D eigenvalue weighted by molar-refractivity contribution is -0.183. The molecule has 1 aliphatic heterocycles. The molecule has 5 fully saturated rings. The zero-order valence-corrected chi connectivity index (χ0v) is 32.5. The minimum atomic E-state index is -0.931. The Morgan fingerprint density at radius 3 is 2.51 bits per heavy atom. The molecule has 7 rings (SSSR count). The number of para-hydroxylation sites is 1. The fourth-order valence-electron chi connectivity index (χ4n) is 9.91. The first kappa shape index (κ1) is 39.5. The molecular formula is C42H59FN4O6. The molecule has 5 aliphatic rings. The van der Waals surface area contributed by atoms with E-state index in [1.807, 2.05) is 31.1 Å². The largest absolute Gasteiger partial charge is 0.496 e. The Labute approximate surface area is 314 Å². The first-order valence-corrected chi connectivity index (χ1v) is 19.5. The number of aliphatic hydroxyl groups excluding tert-OH is 2. The van der Waals surface area contributed by atoms with Crippen molar-refractivity contribution in [2.45, 2.75) is 103 Å². The lowest BCUT2D eigenvalue weighted by Gasteiger charge is -2.62. The molecule has 0 aromatic heterocycles. The van der Waals surface area contributed by atoms with Crippen molar-refractivity contribution in [3.63, 3.8) is 0 Å². The standard InChI is InChI=1S/C42H59FN4O6/c1-24-33-19-30(42(33,3)4)20-34(24)44-41(51)38-37(25(2)49)36(23-48)53-47(38)21-27-14-11-15-32(39(27)52-7)28-16-29(18-31(43)17-28)40(50)45-35(22-46(5)6)26-12-9-8-10-13-26/h11,14-18,24-26,30,33-34,36-38,48-49H,8-10,12-13,19-23H2,1-7H3,(H,44,51)/t24-,25-,30+,33-,34-,36-,37+,38-/m0/s1. The first-order valence-electron chi connectivity index (χ1n) is 19.5. The second-order valence-corrected chi connectivity index (χ2v) is 16.9. The molecule has 4 saturated carbocycles. The molecule has 0 unspecified atom stereocenters. The number of aliphatic hydroxyl groups is 2. The third-order valence-corrected chi connectivity index (χ3v) is 12.9. The number of methoxy groups -OCH3 is 1. The second-order valence-electron chi connectivity index (χ2n) is 16.9. The van der Waals surface area contributed by atoms with Gasteiger partial charge in [0, 0.05) is 40.9 Å². The number of fused-ring (bicyclic) bond motifs is 2. The molecular weight excluding hydrogens is 675 g/mol. The van der Waals surface area contributed by atoms with Gasteiger partial charge in [0.25, 0.3) is 5.91 Å². The number of amides is 2. The van der Waals surface area contributed by atoms with E-state index in [1.54, 1.807) is 24.1 Å². The Morgan fingerprint density at radius 2 is 1.89 bits per heavy atom. The van der Waals surface area contributed by atoms with E-state index in [1.165, 1.54) is 32.1 Å². The highest BCUT2D eigenvalue weighted by atomic mass is 19.1. The monoisotopic (exact) mass is 734 g/mol. The smallest absolute Gasteiger partial charge is 0.277 e. The number of nitrogens with zero attached hydrogens (tertiary/aromatic N) is 3. The molecule has 2 bridgehead atoms. The summed E-state index contributed by atoms with van der Waals surface area (Å²) in [7, 11) is 5.44. The summed E-state index contributed by atoms with van der Waals surface area (Å²) in [5.74, 6) is 0.107. The maximum absolute atomic E-state index is 15.3. The van der Waals surface area contributed by atoms with Crippen LogP contribution in [0.2, 0.25) is 0 Å². The van der Waals surface area contributed by atoms with Crippen LogP contribution in [0.1, 0.15) is 88.6 Å². The number of benzene rings is 2. The van der Waals surface area contributed by atoms with Gasteiger partial charge in [-0.05, 0) is 99.6 Å². The maximum Gasteiger partial charge on any atom is 0.277 e. The van der Waals surface area contributed by atoms with Crippen LogP contribution in [0.25, 0.3) is 11.1 Å². The van der Waals surface area contributed by atoms with E-state index in [2.05, 4.69) is 31.1 Å². The normalized spacial score (nSPS) is 29.5. The average molecular weight is 735 g/mol. The Bertz CT molecular complexity index is 1670. The Morgan fingerprint density at radius 1 is 1.15 bits per heavy atom. The number of nitrogens with one attached hydrogen (secondary N) is 1. The van der Waals surface area contributed by atoms with E-state index in [0.717, 1.165) is 37.8 Å². The summed E-state index contributed by atoms with van der Waals surface area (Å²) in [5.41, 5.74) is 2.93. The molecule has 0 radical (unpaired) electrons. The van der Waals surface area contributed by atoms with E-state index in [0.29, 0.717) is 46.7 Å². The van der Waals surface area contributed by atoms with Gasteiger partial charge in [0.05, 0.1) is 26.4 Å². The number of carbonyl (C=O) groups is 2. The number of halogens is 1. The third kappa shape index (κ3) is 8.10.